The molecule has 2 heterocycles. The van der Waals surface area contributed by atoms with E-state index in [1.807, 2.05) is 36.4 Å². The third-order valence-electron chi connectivity index (χ3n) is 4.83. The van der Waals surface area contributed by atoms with Crippen LogP contribution >= 0.6 is 46.1 Å². The second-order valence-corrected chi connectivity index (χ2v) is 10.4. The molecule has 4 rings (SSSR count). The zero-order chi connectivity index (χ0) is 22.3. The minimum Gasteiger partial charge on any atom is -0.296 e. The zero-order valence-electron chi connectivity index (χ0n) is 17.6. The molecular formula is C23H21Cl3N4S. The van der Waals surface area contributed by atoms with Crippen LogP contribution in [0.15, 0.2) is 42.5 Å². The summed E-state index contributed by atoms with van der Waals surface area (Å²) in [4.78, 5) is 5.02. The maximum Gasteiger partial charge on any atom is 0.168 e. The van der Waals surface area contributed by atoms with E-state index in [0.717, 1.165) is 44.9 Å². The van der Waals surface area contributed by atoms with Gasteiger partial charge in [-0.1, -0.05) is 73.8 Å². The van der Waals surface area contributed by atoms with Gasteiger partial charge in [-0.3, -0.25) is 4.57 Å². The highest BCUT2D eigenvalue weighted by atomic mass is 35.5. The van der Waals surface area contributed by atoms with Crippen molar-refractivity contribution in [3.63, 3.8) is 0 Å². The first-order valence-electron chi connectivity index (χ1n) is 9.86. The second kappa shape index (κ2) is 8.55. The van der Waals surface area contributed by atoms with E-state index in [-0.39, 0.29) is 5.41 Å². The third-order valence-corrected chi connectivity index (χ3v) is 6.99. The van der Waals surface area contributed by atoms with Gasteiger partial charge >= 0.3 is 0 Å². The highest BCUT2D eigenvalue weighted by molar-refractivity contribution is 7.14. The van der Waals surface area contributed by atoms with Crippen molar-refractivity contribution in [1.82, 2.24) is 19.7 Å². The Balaban J connectivity index is 1.99. The Bertz CT molecular complexity index is 1240. The van der Waals surface area contributed by atoms with E-state index < -0.39 is 0 Å². The summed E-state index contributed by atoms with van der Waals surface area (Å²) in [7, 11) is 0. The Kier molecular flexibility index (Phi) is 6.14. The lowest BCUT2D eigenvalue weighted by Gasteiger charge is -2.13. The summed E-state index contributed by atoms with van der Waals surface area (Å²) < 4.78 is 2.11. The normalized spacial score (nSPS) is 11.8. The van der Waals surface area contributed by atoms with Gasteiger partial charge in [-0.2, -0.15) is 0 Å². The van der Waals surface area contributed by atoms with Gasteiger partial charge in [0.15, 0.2) is 5.01 Å². The summed E-state index contributed by atoms with van der Waals surface area (Å²) in [6.07, 6.45) is 0.751. The van der Waals surface area contributed by atoms with Crippen molar-refractivity contribution in [1.29, 1.82) is 0 Å². The molecule has 0 radical (unpaired) electrons. The molecular weight excluding hydrogens is 471 g/mol. The van der Waals surface area contributed by atoms with Crippen LogP contribution in [-0.2, 0) is 11.8 Å². The molecule has 160 valence electrons. The summed E-state index contributed by atoms with van der Waals surface area (Å²) >= 11 is 20.4. The van der Waals surface area contributed by atoms with Crippen LogP contribution < -0.4 is 0 Å². The molecule has 0 aliphatic heterocycles. The van der Waals surface area contributed by atoms with E-state index in [4.69, 9.17) is 39.8 Å². The van der Waals surface area contributed by atoms with Crippen LogP contribution in [0.3, 0.4) is 0 Å². The van der Waals surface area contributed by atoms with E-state index in [0.29, 0.717) is 15.1 Å². The van der Waals surface area contributed by atoms with Gasteiger partial charge in [0.25, 0.3) is 0 Å². The van der Waals surface area contributed by atoms with Gasteiger partial charge in [0.2, 0.25) is 0 Å². The van der Waals surface area contributed by atoms with Crippen LogP contribution in [-0.4, -0.2) is 19.7 Å². The van der Waals surface area contributed by atoms with Crippen molar-refractivity contribution < 1.29 is 0 Å². The third kappa shape index (κ3) is 4.37. The second-order valence-electron chi connectivity index (χ2n) is 8.18. The Labute approximate surface area is 200 Å². The Hall–Kier alpha value is -1.92. The first-order valence-corrected chi connectivity index (χ1v) is 11.8. The van der Waals surface area contributed by atoms with Crippen LogP contribution in [0.4, 0.5) is 0 Å². The molecule has 0 N–H and O–H groups in total. The van der Waals surface area contributed by atoms with Gasteiger partial charge in [-0.15, -0.1) is 10.2 Å². The molecule has 0 atom stereocenters. The molecule has 0 bridgehead atoms. The molecule has 0 amide bonds. The largest absolute Gasteiger partial charge is 0.296 e. The van der Waals surface area contributed by atoms with Crippen LogP contribution in [0.5, 0.6) is 0 Å². The summed E-state index contributed by atoms with van der Waals surface area (Å²) in [6, 6.07) is 13.1. The monoisotopic (exact) mass is 490 g/mol. The number of nitrogens with zero attached hydrogens (tertiary/aromatic N) is 4. The van der Waals surface area contributed by atoms with Gasteiger partial charge in [0.05, 0.1) is 10.7 Å². The Morgan fingerprint density at radius 2 is 1.61 bits per heavy atom. The lowest BCUT2D eigenvalue weighted by atomic mass is 9.98. The lowest BCUT2D eigenvalue weighted by Crippen LogP contribution is -2.10. The molecule has 0 spiro atoms. The molecule has 2 aromatic heterocycles. The van der Waals surface area contributed by atoms with E-state index in [1.54, 1.807) is 17.4 Å². The standard InChI is InChI=1S/C23H21Cl3N4S/c1-5-18-19(21-28-29-22(31-21)23(2,3)4)27-20(16-11-8-14(25)12-17(16)26)30(18)15-9-6-13(24)7-10-15/h6-12H,5H2,1-4H3. The van der Waals surface area contributed by atoms with Crippen molar-refractivity contribution >= 4 is 46.1 Å². The summed E-state index contributed by atoms with van der Waals surface area (Å²) in [5.41, 5.74) is 3.50. The first-order chi connectivity index (χ1) is 14.7. The molecule has 0 fully saturated rings. The van der Waals surface area contributed by atoms with E-state index in [2.05, 4.69) is 42.5 Å². The van der Waals surface area contributed by atoms with E-state index in [1.165, 1.54) is 0 Å². The predicted molar refractivity (Wildman–Crippen MR) is 131 cm³/mol. The molecule has 8 heteroatoms. The molecule has 0 saturated heterocycles. The van der Waals surface area contributed by atoms with Crippen molar-refractivity contribution in [2.45, 2.75) is 39.5 Å². The summed E-state index contributed by atoms with van der Waals surface area (Å²) in [6.45, 7) is 8.49. The molecule has 0 saturated carbocycles. The van der Waals surface area contributed by atoms with Gasteiger partial charge in [0.1, 0.15) is 16.5 Å². The van der Waals surface area contributed by atoms with Gasteiger partial charge in [-0.05, 0) is 48.9 Å². The molecule has 4 nitrogen and oxygen atoms in total. The SMILES string of the molecule is CCc1c(-c2nnc(C(C)(C)C)s2)nc(-c2ccc(Cl)cc2Cl)n1-c1ccc(Cl)cc1. The maximum absolute atomic E-state index is 6.58. The van der Waals surface area contributed by atoms with E-state index >= 15 is 0 Å². The van der Waals surface area contributed by atoms with Gasteiger partial charge in [-0.25, -0.2) is 4.98 Å². The zero-order valence-corrected chi connectivity index (χ0v) is 20.7. The topological polar surface area (TPSA) is 43.6 Å². The highest BCUT2D eigenvalue weighted by Crippen LogP contribution is 2.38. The maximum atomic E-state index is 6.58. The number of halogens is 3. The van der Waals surface area contributed by atoms with Gasteiger partial charge in [0, 0.05) is 26.7 Å². The average Bonchev–Trinajstić information content (AvgIpc) is 3.33. The molecule has 0 aliphatic rings. The summed E-state index contributed by atoms with van der Waals surface area (Å²) in [5, 5.41) is 12.4. The number of benzene rings is 2. The molecule has 31 heavy (non-hydrogen) atoms. The van der Waals surface area contributed by atoms with Crippen LogP contribution in [0.1, 0.15) is 38.4 Å². The highest BCUT2D eigenvalue weighted by Gasteiger charge is 2.26. The number of aromatic nitrogens is 4. The van der Waals surface area contributed by atoms with Crippen molar-refractivity contribution in [3.05, 3.63) is 68.2 Å². The predicted octanol–water partition coefficient (Wildman–Crippen LogP) is 7.88. The lowest BCUT2D eigenvalue weighted by molar-refractivity contribution is 0.578. The average molecular weight is 492 g/mol. The quantitative estimate of drug-likeness (QED) is 0.291. The minimum absolute atomic E-state index is 0.0800. The number of imidazole rings is 1. The first kappa shape index (κ1) is 22.3. The van der Waals surface area contributed by atoms with Crippen LogP contribution in [0.25, 0.3) is 27.8 Å². The van der Waals surface area contributed by atoms with Crippen molar-refractivity contribution in [2.75, 3.05) is 0 Å². The van der Waals surface area contributed by atoms with Crippen LogP contribution in [0, 0.1) is 0 Å². The fourth-order valence-corrected chi connectivity index (χ4v) is 4.82. The molecule has 4 aromatic rings. The fourth-order valence-electron chi connectivity index (χ4n) is 3.29. The number of hydrogen-bond donors (Lipinski definition) is 0. The summed E-state index contributed by atoms with van der Waals surface area (Å²) in [5.74, 6) is 0.725. The molecule has 0 aliphatic carbocycles. The van der Waals surface area contributed by atoms with E-state index in [9.17, 15) is 0 Å². The minimum atomic E-state index is -0.0800. The smallest absolute Gasteiger partial charge is 0.168 e. The Morgan fingerprint density at radius 1 is 0.935 bits per heavy atom. The van der Waals surface area contributed by atoms with Crippen LogP contribution in [0.2, 0.25) is 15.1 Å². The van der Waals surface area contributed by atoms with Crippen molar-refractivity contribution in [3.8, 4) is 27.8 Å². The molecule has 0 unspecified atom stereocenters. The fraction of sp³-hybridized carbons (Fsp3) is 0.261. The van der Waals surface area contributed by atoms with Crippen molar-refractivity contribution in [2.24, 2.45) is 0 Å². The molecule has 2 aromatic carbocycles. The van der Waals surface area contributed by atoms with Gasteiger partial charge < -0.3 is 0 Å². The number of rotatable bonds is 4. The number of hydrogen-bond acceptors (Lipinski definition) is 4. The Morgan fingerprint density at radius 3 is 2.19 bits per heavy atom.